The van der Waals surface area contributed by atoms with Gasteiger partial charge in [-0.3, -0.25) is 0 Å². The van der Waals surface area contributed by atoms with Crippen LogP contribution >= 0.6 is 0 Å². The molecule has 0 saturated heterocycles. The average Bonchev–Trinajstić information content (AvgIpc) is 2.37. The highest BCUT2D eigenvalue weighted by Crippen LogP contribution is 2.23. The first-order chi connectivity index (χ1) is 9.49. The summed E-state index contributed by atoms with van der Waals surface area (Å²) in [5.74, 6) is 1.42. The van der Waals surface area contributed by atoms with Crippen molar-refractivity contribution in [3.05, 3.63) is 47.1 Å². The van der Waals surface area contributed by atoms with Gasteiger partial charge in [-0.05, 0) is 64.7 Å². The second-order valence-electron chi connectivity index (χ2n) is 6.63. The predicted molar refractivity (Wildman–Crippen MR) is 91.8 cm³/mol. The van der Waals surface area contributed by atoms with Gasteiger partial charge in [0.1, 0.15) is 0 Å². The topological polar surface area (TPSA) is 0 Å². The average molecular weight is 272 g/mol. The summed E-state index contributed by atoms with van der Waals surface area (Å²) >= 11 is 0. The van der Waals surface area contributed by atoms with Crippen molar-refractivity contribution in [3.8, 4) is 0 Å². The van der Waals surface area contributed by atoms with Crippen LogP contribution in [-0.4, -0.2) is 0 Å². The lowest BCUT2D eigenvalue weighted by Gasteiger charge is -2.17. The molecule has 112 valence electrons. The van der Waals surface area contributed by atoms with E-state index in [1.165, 1.54) is 36.8 Å². The van der Waals surface area contributed by atoms with E-state index in [4.69, 9.17) is 0 Å². The number of rotatable bonds is 1. The van der Waals surface area contributed by atoms with Crippen LogP contribution in [0.5, 0.6) is 0 Å². The molecule has 0 fully saturated rings. The highest BCUT2D eigenvalue weighted by Gasteiger charge is 2.09. The third-order valence-corrected chi connectivity index (χ3v) is 4.27. The van der Waals surface area contributed by atoms with E-state index in [9.17, 15) is 0 Å². The van der Waals surface area contributed by atoms with Crippen molar-refractivity contribution in [2.75, 3.05) is 0 Å². The van der Waals surface area contributed by atoms with E-state index in [1.54, 1.807) is 5.57 Å². The Morgan fingerprint density at radius 3 is 2.35 bits per heavy atom. The van der Waals surface area contributed by atoms with E-state index < -0.39 is 0 Å². The molecular weight excluding hydrogens is 240 g/mol. The van der Waals surface area contributed by atoms with Crippen molar-refractivity contribution >= 4 is 0 Å². The normalized spacial score (nSPS) is 30.7. The molecular formula is C20H32. The molecule has 0 aromatic rings. The fraction of sp³-hybridized carbons (Fsp3) is 0.600. The van der Waals surface area contributed by atoms with E-state index in [0.29, 0.717) is 5.92 Å². The standard InChI is InChI=1S/C20H32/c1-16(2)20-14-12-18(4)10-6-8-17(3)9-7-11-19(5)13-15-20/h8,10-12,14,16,20H,6-7,9,13,15H2,1-5H3/b14-12?,17-8+,18-10-,19-11+/t20-/m0/s1. The monoisotopic (exact) mass is 272 g/mol. The van der Waals surface area contributed by atoms with Gasteiger partial charge < -0.3 is 0 Å². The summed E-state index contributed by atoms with van der Waals surface area (Å²) < 4.78 is 0. The molecule has 0 aromatic carbocycles. The molecule has 0 spiro atoms. The van der Waals surface area contributed by atoms with E-state index >= 15 is 0 Å². The molecule has 1 rings (SSSR count). The maximum absolute atomic E-state index is 2.44. The molecule has 0 saturated carbocycles. The number of hydrogen-bond donors (Lipinski definition) is 0. The maximum Gasteiger partial charge on any atom is -0.0161 e. The molecule has 0 aromatic heterocycles. The third-order valence-electron chi connectivity index (χ3n) is 4.27. The zero-order chi connectivity index (χ0) is 15.0. The van der Waals surface area contributed by atoms with Gasteiger partial charge in [-0.2, -0.15) is 0 Å². The molecule has 20 heavy (non-hydrogen) atoms. The van der Waals surface area contributed by atoms with Gasteiger partial charge >= 0.3 is 0 Å². The Balaban J connectivity index is 2.85. The number of hydrogen-bond acceptors (Lipinski definition) is 0. The maximum atomic E-state index is 2.44. The molecule has 0 aliphatic heterocycles. The van der Waals surface area contributed by atoms with Gasteiger partial charge in [0.05, 0.1) is 0 Å². The van der Waals surface area contributed by atoms with Crippen molar-refractivity contribution in [2.45, 2.75) is 66.7 Å². The van der Waals surface area contributed by atoms with Crippen LogP contribution in [0.3, 0.4) is 0 Å². The van der Waals surface area contributed by atoms with Crippen LogP contribution in [0.25, 0.3) is 0 Å². The molecule has 1 aliphatic rings. The Hall–Kier alpha value is -1.04. The van der Waals surface area contributed by atoms with Crippen molar-refractivity contribution in [3.63, 3.8) is 0 Å². The van der Waals surface area contributed by atoms with Gasteiger partial charge in [0.25, 0.3) is 0 Å². The minimum Gasteiger partial charge on any atom is -0.0853 e. The quantitative estimate of drug-likeness (QED) is 0.471. The Labute approximate surface area is 126 Å². The summed E-state index contributed by atoms with van der Waals surface area (Å²) in [5.41, 5.74) is 4.46. The first-order valence-corrected chi connectivity index (χ1v) is 8.15. The van der Waals surface area contributed by atoms with Gasteiger partial charge in [0.15, 0.2) is 0 Å². The fourth-order valence-corrected chi connectivity index (χ4v) is 2.59. The second-order valence-corrected chi connectivity index (χ2v) is 6.63. The van der Waals surface area contributed by atoms with Gasteiger partial charge in [-0.15, -0.1) is 0 Å². The van der Waals surface area contributed by atoms with E-state index in [0.717, 1.165) is 12.3 Å². The van der Waals surface area contributed by atoms with Crippen LogP contribution in [0.2, 0.25) is 0 Å². The zero-order valence-electron chi connectivity index (χ0n) is 14.1. The summed E-state index contributed by atoms with van der Waals surface area (Å²) in [6.45, 7) is 11.4. The molecule has 0 heterocycles. The Morgan fingerprint density at radius 1 is 0.950 bits per heavy atom. The van der Waals surface area contributed by atoms with Crippen LogP contribution in [-0.2, 0) is 0 Å². The molecule has 0 bridgehead atoms. The summed E-state index contributed by atoms with van der Waals surface area (Å²) in [7, 11) is 0. The number of allylic oxidation sites excluding steroid dienone is 8. The van der Waals surface area contributed by atoms with Crippen LogP contribution in [0.4, 0.5) is 0 Å². The van der Waals surface area contributed by atoms with Crippen molar-refractivity contribution in [2.24, 2.45) is 11.8 Å². The minimum absolute atomic E-state index is 0.696. The van der Waals surface area contributed by atoms with E-state index in [1.807, 2.05) is 0 Å². The summed E-state index contributed by atoms with van der Waals surface area (Å²) in [5, 5.41) is 0. The first kappa shape index (κ1) is 17.0. The van der Waals surface area contributed by atoms with Crippen LogP contribution in [0, 0.1) is 11.8 Å². The van der Waals surface area contributed by atoms with Gasteiger partial charge in [0, 0.05) is 0 Å². The van der Waals surface area contributed by atoms with Crippen LogP contribution in [0.15, 0.2) is 47.1 Å². The molecule has 0 radical (unpaired) electrons. The lowest BCUT2D eigenvalue weighted by atomic mass is 9.88. The fourth-order valence-electron chi connectivity index (χ4n) is 2.59. The van der Waals surface area contributed by atoms with Gasteiger partial charge in [-0.1, -0.05) is 60.9 Å². The Bertz CT molecular complexity index is 402. The van der Waals surface area contributed by atoms with Gasteiger partial charge in [0.2, 0.25) is 0 Å². The second kappa shape index (κ2) is 9.00. The molecule has 1 atom stereocenters. The third kappa shape index (κ3) is 6.93. The predicted octanol–water partition coefficient (Wildman–Crippen LogP) is 6.62. The molecule has 0 amide bonds. The van der Waals surface area contributed by atoms with Crippen molar-refractivity contribution in [1.29, 1.82) is 0 Å². The zero-order valence-corrected chi connectivity index (χ0v) is 14.1. The van der Waals surface area contributed by atoms with Crippen LogP contribution < -0.4 is 0 Å². The Kier molecular flexibility index (Phi) is 7.65. The highest BCUT2D eigenvalue weighted by atomic mass is 14.1. The smallest absolute Gasteiger partial charge is 0.0161 e. The van der Waals surface area contributed by atoms with E-state index in [2.05, 4.69) is 65.0 Å². The lowest BCUT2D eigenvalue weighted by molar-refractivity contribution is 0.435. The first-order valence-electron chi connectivity index (χ1n) is 8.15. The molecule has 0 nitrogen and oxygen atoms in total. The van der Waals surface area contributed by atoms with Crippen molar-refractivity contribution < 1.29 is 0 Å². The summed E-state index contributed by atoms with van der Waals surface area (Å²) in [4.78, 5) is 0. The molecule has 1 aliphatic carbocycles. The van der Waals surface area contributed by atoms with E-state index in [-0.39, 0.29) is 0 Å². The molecule has 0 N–H and O–H groups in total. The highest BCUT2D eigenvalue weighted by molar-refractivity contribution is 5.19. The molecule has 0 heteroatoms. The SMILES string of the molecule is C/C1=C/C/C=C(\C)CC/C=C(\C)CC[C@@H](C(C)C)C=C1. The summed E-state index contributed by atoms with van der Waals surface area (Å²) in [6.07, 6.45) is 17.9. The lowest BCUT2D eigenvalue weighted by Crippen LogP contribution is -2.05. The van der Waals surface area contributed by atoms with Crippen molar-refractivity contribution in [1.82, 2.24) is 0 Å². The summed E-state index contributed by atoms with van der Waals surface area (Å²) in [6, 6.07) is 0. The largest absolute Gasteiger partial charge is 0.0853 e. The Morgan fingerprint density at radius 2 is 1.65 bits per heavy atom. The minimum atomic E-state index is 0.696. The molecule has 0 unspecified atom stereocenters. The van der Waals surface area contributed by atoms with Crippen LogP contribution in [0.1, 0.15) is 66.7 Å². The van der Waals surface area contributed by atoms with Gasteiger partial charge in [-0.25, -0.2) is 0 Å².